The summed E-state index contributed by atoms with van der Waals surface area (Å²) in [5, 5.41) is 10.3. The average Bonchev–Trinajstić information content (AvgIpc) is 2.82. The average molecular weight is 478 g/mol. The maximum Gasteiger partial charge on any atom is 0.417 e. The summed E-state index contributed by atoms with van der Waals surface area (Å²) in [6.45, 7) is 1.91. The van der Waals surface area contributed by atoms with E-state index in [0.717, 1.165) is 34.2 Å². The summed E-state index contributed by atoms with van der Waals surface area (Å²) in [7, 11) is 1.56. The molecular weight excluding hydrogens is 457 g/mol. The van der Waals surface area contributed by atoms with Crippen LogP contribution >= 0.6 is 0 Å². The van der Waals surface area contributed by atoms with Gasteiger partial charge in [-0.25, -0.2) is 4.79 Å². The first-order valence-electron chi connectivity index (χ1n) is 10.6. The molecule has 4 nitrogen and oxygen atoms in total. The molecule has 0 amide bonds. The van der Waals surface area contributed by atoms with Gasteiger partial charge in [0.05, 0.1) is 12.7 Å². The van der Waals surface area contributed by atoms with Gasteiger partial charge in [-0.05, 0) is 65.4 Å². The van der Waals surface area contributed by atoms with Crippen molar-refractivity contribution in [1.82, 2.24) is 0 Å². The summed E-state index contributed by atoms with van der Waals surface area (Å²) in [5.41, 5.74) is 1.23. The van der Waals surface area contributed by atoms with Gasteiger partial charge in [0.15, 0.2) is 0 Å². The van der Waals surface area contributed by atoms with Crippen molar-refractivity contribution in [2.75, 3.05) is 7.11 Å². The van der Waals surface area contributed by atoms with Crippen LogP contribution in [0.1, 0.15) is 16.7 Å². The lowest BCUT2D eigenvalue weighted by molar-refractivity contribution is -0.138. The summed E-state index contributed by atoms with van der Waals surface area (Å²) in [6.07, 6.45) is -3.12. The minimum absolute atomic E-state index is 0.0234. The molecule has 0 bridgehead atoms. The molecule has 0 aliphatic carbocycles. The zero-order chi connectivity index (χ0) is 25.2. The number of carboxylic acid groups (broad SMARTS) is 1. The van der Waals surface area contributed by atoms with Crippen LogP contribution in [-0.4, -0.2) is 18.2 Å². The zero-order valence-corrected chi connectivity index (χ0v) is 18.9. The molecule has 35 heavy (non-hydrogen) atoms. The standard InChI is InChI=1S/C28H21F3O4/c1-17-14-20-15-21(34-2)11-12-23(20)27(26(17)19-6-4-3-5-7-19)35-22-10-8-18(9-13-25(32)33)24(16-22)28(29,30)31/h3-16H,1-2H3,(H,32,33). The topological polar surface area (TPSA) is 55.8 Å². The number of rotatable bonds is 6. The first kappa shape index (κ1) is 23.9. The van der Waals surface area contributed by atoms with Crippen LogP contribution in [0, 0.1) is 6.92 Å². The van der Waals surface area contributed by atoms with E-state index in [0.29, 0.717) is 23.0 Å². The highest BCUT2D eigenvalue weighted by Crippen LogP contribution is 2.44. The van der Waals surface area contributed by atoms with Crippen LogP contribution in [0.15, 0.2) is 78.9 Å². The van der Waals surface area contributed by atoms with Gasteiger partial charge in [-0.15, -0.1) is 0 Å². The summed E-state index contributed by atoms with van der Waals surface area (Å²) in [6, 6.07) is 20.3. The van der Waals surface area contributed by atoms with E-state index in [4.69, 9.17) is 14.6 Å². The number of fused-ring (bicyclic) bond motifs is 1. The molecule has 0 atom stereocenters. The Morgan fingerprint density at radius 2 is 1.66 bits per heavy atom. The normalized spacial score (nSPS) is 11.7. The van der Waals surface area contributed by atoms with E-state index < -0.39 is 17.7 Å². The van der Waals surface area contributed by atoms with Gasteiger partial charge in [0.2, 0.25) is 0 Å². The Morgan fingerprint density at radius 3 is 2.31 bits per heavy atom. The lowest BCUT2D eigenvalue weighted by atomic mass is 9.94. The third-order valence-corrected chi connectivity index (χ3v) is 5.51. The van der Waals surface area contributed by atoms with Crippen molar-refractivity contribution in [1.29, 1.82) is 0 Å². The molecule has 0 fully saturated rings. The lowest BCUT2D eigenvalue weighted by Crippen LogP contribution is -2.08. The van der Waals surface area contributed by atoms with E-state index >= 15 is 0 Å². The fourth-order valence-corrected chi connectivity index (χ4v) is 3.95. The zero-order valence-electron chi connectivity index (χ0n) is 18.9. The highest BCUT2D eigenvalue weighted by molar-refractivity contribution is 5.97. The minimum atomic E-state index is -4.71. The van der Waals surface area contributed by atoms with Crippen molar-refractivity contribution in [3.8, 4) is 28.4 Å². The maximum absolute atomic E-state index is 13.8. The highest BCUT2D eigenvalue weighted by atomic mass is 19.4. The van der Waals surface area contributed by atoms with Crippen molar-refractivity contribution in [3.05, 3.63) is 95.6 Å². The van der Waals surface area contributed by atoms with Crippen molar-refractivity contribution in [2.45, 2.75) is 13.1 Å². The number of ether oxygens (including phenoxy) is 2. The second kappa shape index (κ2) is 9.54. The van der Waals surface area contributed by atoms with Crippen LogP contribution < -0.4 is 9.47 Å². The molecule has 1 N–H and O–H groups in total. The first-order valence-corrected chi connectivity index (χ1v) is 10.6. The molecular formula is C28H21F3O4. The molecule has 0 aromatic heterocycles. The molecule has 0 saturated heterocycles. The predicted molar refractivity (Wildman–Crippen MR) is 129 cm³/mol. The smallest absolute Gasteiger partial charge is 0.417 e. The van der Waals surface area contributed by atoms with Crippen LogP contribution in [-0.2, 0) is 11.0 Å². The number of aryl methyl sites for hydroxylation is 1. The van der Waals surface area contributed by atoms with E-state index in [1.54, 1.807) is 13.2 Å². The minimum Gasteiger partial charge on any atom is -0.497 e. The van der Waals surface area contributed by atoms with Gasteiger partial charge in [0, 0.05) is 17.0 Å². The molecule has 0 heterocycles. The molecule has 0 radical (unpaired) electrons. The predicted octanol–water partition coefficient (Wildman–Crippen LogP) is 7.73. The van der Waals surface area contributed by atoms with E-state index in [9.17, 15) is 18.0 Å². The molecule has 0 saturated carbocycles. The second-order valence-corrected chi connectivity index (χ2v) is 7.87. The SMILES string of the molecule is COc1ccc2c(Oc3ccc(C=CC(=O)O)c(C(F)(F)F)c3)c(-c3ccccc3)c(C)cc2c1. The van der Waals surface area contributed by atoms with Gasteiger partial charge >= 0.3 is 12.1 Å². The van der Waals surface area contributed by atoms with Gasteiger partial charge in [0.1, 0.15) is 17.2 Å². The van der Waals surface area contributed by atoms with E-state index in [2.05, 4.69) is 0 Å². The quantitative estimate of drug-likeness (QED) is 0.288. The number of carbonyl (C=O) groups is 1. The summed E-state index contributed by atoms with van der Waals surface area (Å²) in [5.74, 6) is -0.308. The molecule has 4 aromatic rings. The van der Waals surface area contributed by atoms with Crippen LogP contribution in [0.3, 0.4) is 0 Å². The summed E-state index contributed by atoms with van der Waals surface area (Å²) < 4.78 is 52.9. The van der Waals surface area contributed by atoms with Crippen molar-refractivity contribution in [3.63, 3.8) is 0 Å². The number of methoxy groups -OCH3 is 1. The van der Waals surface area contributed by atoms with E-state index in [1.807, 2.05) is 55.5 Å². The first-order chi connectivity index (χ1) is 16.7. The Labute approximate surface area is 199 Å². The number of alkyl halides is 3. The van der Waals surface area contributed by atoms with Gasteiger partial charge in [0.25, 0.3) is 0 Å². The number of hydrogen-bond acceptors (Lipinski definition) is 3. The number of hydrogen-bond donors (Lipinski definition) is 1. The Morgan fingerprint density at radius 1 is 0.943 bits per heavy atom. The van der Waals surface area contributed by atoms with Gasteiger partial charge in [-0.1, -0.05) is 42.5 Å². The molecule has 4 rings (SSSR count). The number of aliphatic carboxylic acids is 1. The molecule has 178 valence electrons. The molecule has 0 aliphatic heterocycles. The Kier molecular flexibility index (Phi) is 6.51. The van der Waals surface area contributed by atoms with Gasteiger partial charge in [-0.3, -0.25) is 0 Å². The maximum atomic E-state index is 13.8. The van der Waals surface area contributed by atoms with Crippen molar-refractivity contribution < 1.29 is 32.5 Å². The van der Waals surface area contributed by atoms with E-state index in [-0.39, 0.29) is 11.3 Å². The fourth-order valence-electron chi connectivity index (χ4n) is 3.95. The largest absolute Gasteiger partial charge is 0.497 e. The van der Waals surface area contributed by atoms with Gasteiger partial charge in [-0.2, -0.15) is 13.2 Å². The van der Waals surface area contributed by atoms with Crippen LogP contribution in [0.5, 0.6) is 17.2 Å². The Balaban J connectivity index is 1.92. The third kappa shape index (κ3) is 5.14. The monoisotopic (exact) mass is 478 g/mol. The molecule has 0 aliphatic rings. The molecule has 7 heteroatoms. The third-order valence-electron chi connectivity index (χ3n) is 5.51. The van der Waals surface area contributed by atoms with Crippen LogP contribution in [0.4, 0.5) is 13.2 Å². The van der Waals surface area contributed by atoms with Gasteiger partial charge < -0.3 is 14.6 Å². The Bertz CT molecular complexity index is 1420. The van der Waals surface area contributed by atoms with Crippen LogP contribution in [0.25, 0.3) is 28.0 Å². The molecule has 0 unspecified atom stereocenters. The molecule has 4 aromatic carbocycles. The summed E-state index contributed by atoms with van der Waals surface area (Å²) in [4.78, 5) is 10.8. The van der Waals surface area contributed by atoms with Crippen molar-refractivity contribution >= 4 is 22.8 Å². The Hall–Kier alpha value is -4.26. The lowest BCUT2D eigenvalue weighted by Gasteiger charge is -2.19. The molecule has 0 spiro atoms. The summed E-state index contributed by atoms with van der Waals surface area (Å²) >= 11 is 0. The van der Waals surface area contributed by atoms with E-state index in [1.165, 1.54) is 12.1 Å². The van der Waals surface area contributed by atoms with Crippen LogP contribution in [0.2, 0.25) is 0 Å². The number of carboxylic acids is 1. The second-order valence-electron chi connectivity index (χ2n) is 7.87. The fraction of sp³-hybridized carbons (Fsp3) is 0.107. The van der Waals surface area contributed by atoms with Crippen molar-refractivity contribution in [2.24, 2.45) is 0 Å². The highest BCUT2D eigenvalue weighted by Gasteiger charge is 2.33. The number of benzene rings is 4. The number of halogens is 3.